The van der Waals surface area contributed by atoms with Crippen LogP contribution in [0.25, 0.3) is 0 Å². The maximum absolute atomic E-state index is 5.43. The van der Waals surface area contributed by atoms with Crippen LogP contribution in [0.15, 0.2) is 23.1 Å². The van der Waals surface area contributed by atoms with Crippen LogP contribution in [0.5, 0.6) is 5.75 Å². The van der Waals surface area contributed by atoms with Crippen LogP contribution in [-0.2, 0) is 0 Å². The molecule has 3 N–H and O–H groups in total. The molecule has 0 aromatic heterocycles. The number of nitrogens with two attached hydrogens (primary N) is 1. The van der Waals surface area contributed by atoms with Crippen molar-refractivity contribution in [2.75, 3.05) is 19.0 Å². The van der Waals surface area contributed by atoms with Gasteiger partial charge in [0.2, 0.25) is 0 Å². The molecular weight excluding hydrogens is 196 g/mol. The van der Waals surface area contributed by atoms with Gasteiger partial charge < -0.3 is 10.1 Å². The molecule has 0 aliphatic rings. The predicted molar refractivity (Wildman–Crippen MR) is 60.4 cm³/mol. The minimum atomic E-state index is 0.478. The van der Waals surface area contributed by atoms with Gasteiger partial charge in [0.15, 0.2) is 0 Å². The van der Waals surface area contributed by atoms with Gasteiger partial charge in [-0.3, -0.25) is 5.14 Å². The molecule has 0 aliphatic carbocycles. The summed E-state index contributed by atoms with van der Waals surface area (Å²) in [5.41, 5.74) is 0.878. The Labute approximate surface area is 88.2 Å². The van der Waals surface area contributed by atoms with Gasteiger partial charge in [0.1, 0.15) is 5.75 Å². The van der Waals surface area contributed by atoms with Crippen molar-refractivity contribution in [1.29, 1.82) is 0 Å². The van der Waals surface area contributed by atoms with Crippen LogP contribution in [-0.4, -0.2) is 13.7 Å². The number of benzene rings is 1. The van der Waals surface area contributed by atoms with Crippen LogP contribution in [0.4, 0.5) is 5.69 Å². The van der Waals surface area contributed by atoms with Gasteiger partial charge in [0.05, 0.1) is 19.3 Å². The molecule has 3 nitrogen and oxygen atoms in total. The SMILES string of the molecule is C#CCNc1ccc(SN)cc1OC. The highest BCUT2D eigenvalue weighted by molar-refractivity contribution is 7.97. The van der Waals surface area contributed by atoms with Gasteiger partial charge in [-0.2, -0.15) is 0 Å². The second-order valence-electron chi connectivity index (χ2n) is 2.54. The van der Waals surface area contributed by atoms with Crippen molar-refractivity contribution in [2.45, 2.75) is 4.90 Å². The summed E-state index contributed by atoms with van der Waals surface area (Å²) in [6.45, 7) is 0.478. The van der Waals surface area contributed by atoms with E-state index in [2.05, 4.69) is 11.2 Å². The van der Waals surface area contributed by atoms with E-state index in [1.807, 2.05) is 18.2 Å². The second-order valence-corrected chi connectivity index (χ2v) is 3.24. The zero-order chi connectivity index (χ0) is 10.4. The summed E-state index contributed by atoms with van der Waals surface area (Å²) in [5.74, 6) is 3.25. The average molecular weight is 208 g/mol. The Morgan fingerprint density at radius 3 is 3.00 bits per heavy atom. The van der Waals surface area contributed by atoms with E-state index >= 15 is 0 Å². The Morgan fingerprint density at radius 2 is 2.43 bits per heavy atom. The van der Waals surface area contributed by atoms with E-state index in [9.17, 15) is 0 Å². The van der Waals surface area contributed by atoms with E-state index in [0.717, 1.165) is 16.3 Å². The third-order valence-corrected chi connectivity index (χ3v) is 2.22. The summed E-state index contributed by atoms with van der Waals surface area (Å²) in [7, 11) is 1.61. The van der Waals surface area contributed by atoms with Gasteiger partial charge in [-0.15, -0.1) is 6.42 Å². The molecule has 14 heavy (non-hydrogen) atoms. The fourth-order valence-electron chi connectivity index (χ4n) is 1.04. The molecule has 0 bridgehead atoms. The Morgan fingerprint density at radius 1 is 1.64 bits per heavy atom. The Balaban J connectivity index is 2.88. The Hall–Kier alpha value is -1.31. The topological polar surface area (TPSA) is 47.3 Å². The maximum Gasteiger partial charge on any atom is 0.143 e. The molecular formula is C10H12N2OS. The van der Waals surface area contributed by atoms with E-state index in [1.165, 1.54) is 11.9 Å². The van der Waals surface area contributed by atoms with Gasteiger partial charge in [-0.1, -0.05) is 5.92 Å². The van der Waals surface area contributed by atoms with Gasteiger partial charge >= 0.3 is 0 Å². The highest BCUT2D eigenvalue weighted by Gasteiger charge is 2.02. The smallest absolute Gasteiger partial charge is 0.143 e. The zero-order valence-corrected chi connectivity index (χ0v) is 8.73. The van der Waals surface area contributed by atoms with E-state index < -0.39 is 0 Å². The summed E-state index contributed by atoms with van der Waals surface area (Å²) in [4.78, 5) is 0.952. The van der Waals surface area contributed by atoms with Crippen molar-refractivity contribution in [3.05, 3.63) is 18.2 Å². The second kappa shape index (κ2) is 5.43. The van der Waals surface area contributed by atoms with Crippen molar-refractivity contribution in [2.24, 2.45) is 5.14 Å². The van der Waals surface area contributed by atoms with Gasteiger partial charge in [-0.05, 0) is 30.1 Å². The number of anilines is 1. The third kappa shape index (κ3) is 2.59. The fraction of sp³-hybridized carbons (Fsp3) is 0.200. The van der Waals surface area contributed by atoms with Crippen molar-refractivity contribution in [1.82, 2.24) is 0 Å². The van der Waals surface area contributed by atoms with Crippen molar-refractivity contribution in [3.8, 4) is 18.1 Å². The van der Waals surface area contributed by atoms with E-state index in [1.54, 1.807) is 7.11 Å². The quantitative estimate of drug-likeness (QED) is 0.584. The molecule has 74 valence electrons. The largest absolute Gasteiger partial charge is 0.495 e. The van der Waals surface area contributed by atoms with Gasteiger partial charge in [-0.25, -0.2) is 0 Å². The number of methoxy groups -OCH3 is 1. The molecule has 1 aromatic carbocycles. The Kier molecular flexibility index (Phi) is 4.17. The van der Waals surface area contributed by atoms with Crippen molar-refractivity contribution >= 4 is 17.6 Å². The average Bonchev–Trinajstić information content (AvgIpc) is 2.26. The monoisotopic (exact) mass is 208 g/mol. The first-order chi connectivity index (χ1) is 6.81. The lowest BCUT2D eigenvalue weighted by Gasteiger charge is -2.09. The summed E-state index contributed by atoms with van der Waals surface area (Å²) >= 11 is 1.18. The molecule has 0 unspecified atom stereocenters. The molecule has 0 saturated heterocycles. The van der Waals surface area contributed by atoms with Crippen LogP contribution in [0.2, 0.25) is 0 Å². The fourth-order valence-corrected chi connectivity index (χ4v) is 1.36. The lowest BCUT2D eigenvalue weighted by Crippen LogP contribution is -2.00. The molecule has 4 heteroatoms. The number of hydrogen-bond donors (Lipinski definition) is 2. The molecule has 0 radical (unpaired) electrons. The van der Waals surface area contributed by atoms with E-state index in [-0.39, 0.29) is 0 Å². The summed E-state index contributed by atoms with van der Waals surface area (Å²) in [6, 6.07) is 5.67. The number of hydrogen-bond acceptors (Lipinski definition) is 4. The van der Waals surface area contributed by atoms with Crippen molar-refractivity contribution in [3.63, 3.8) is 0 Å². The number of terminal acetylenes is 1. The minimum Gasteiger partial charge on any atom is -0.495 e. The van der Waals surface area contributed by atoms with E-state index in [0.29, 0.717) is 6.54 Å². The van der Waals surface area contributed by atoms with Crippen LogP contribution in [0.3, 0.4) is 0 Å². The first-order valence-corrected chi connectivity index (χ1v) is 4.92. The number of nitrogens with one attached hydrogen (secondary N) is 1. The van der Waals surface area contributed by atoms with E-state index in [4.69, 9.17) is 16.3 Å². The number of ether oxygens (including phenoxy) is 1. The summed E-state index contributed by atoms with van der Waals surface area (Å²) in [6.07, 6.45) is 5.15. The lowest BCUT2D eigenvalue weighted by molar-refractivity contribution is 0.415. The highest BCUT2D eigenvalue weighted by Crippen LogP contribution is 2.28. The van der Waals surface area contributed by atoms with Crippen molar-refractivity contribution < 1.29 is 4.74 Å². The molecule has 0 aliphatic heterocycles. The number of rotatable bonds is 4. The first kappa shape index (κ1) is 10.8. The maximum atomic E-state index is 5.43. The van der Waals surface area contributed by atoms with Gasteiger partial charge in [0.25, 0.3) is 0 Å². The molecule has 0 heterocycles. The van der Waals surface area contributed by atoms with Crippen LogP contribution < -0.4 is 15.2 Å². The van der Waals surface area contributed by atoms with Crippen LogP contribution in [0.1, 0.15) is 0 Å². The molecule has 0 spiro atoms. The molecule has 0 fully saturated rings. The zero-order valence-electron chi connectivity index (χ0n) is 7.91. The van der Waals surface area contributed by atoms with Crippen LogP contribution in [0, 0.1) is 12.3 Å². The van der Waals surface area contributed by atoms with Crippen LogP contribution >= 0.6 is 11.9 Å². The summed E-state index contributed by atoms with van der Waals surface area (Å²) in [5, 5.41) is 8.49. The molecule has 1 aromatic rings. The molecule has 1 rings (SSSR count). The molecule has 0 amide bonds. The van der Waals surface area contributed by atoms with Gasteiger partial charge in [0, 0.05) is 4.90 Å². The molecule has 0 atom stereocenters. The minimum absolute atomic E-state index is 0.478. The third-order valence-electron chi connectivity index (χ3n) is 1.69. The highest BCUT2D eigenvalue weighted by atomic mass is 32.2. The summed E-state index contributed by atoms with van der Waals surface area (Å²) < 4.78 is 5.18. The Bertz CT molecular complexity index is 346. The first-order valence-electron chi connectivity index (χ1n) is 4.04. The lowest BCUT2D eigenvalue weighted by atomic mass is 10.3. The predicted octanol–water partition coefficient (Wildman–Crippen LogP) is 1.71. The molecule has 0 saturated carbocycles. The standard InChI is InChI=1S/C10H12N2OS/c1-3-6-12-9-5-4-8(14-11)7-10(9)13-2/h1,4-5,7,12H,6,11H2,2H3. The normalized spacial score (nSPS) is 9.21.